The summed E-state index contributed by atoms with van der Waals surface area (Å²) in [6.07, 6.45) is 4.27. The molecule has 0 fully saturated rings. The Morgan fingerprint density at radius 1 is 1.09 bits per heavy atom. The molecule has 0 radical (unpaired) electrons. The number of rotatable bonds is 3. The van der Waals surface area contributed by atoms with E-state index in [1.54, 1.807) is 0 Å². The van der Waals surface area contributed by atoms with Gasteiger partial charge in [-0.05, 0) is 61.6 Å². The highest BCUT2D eigenvalue weighted by atomic mass is 14.7. The molecule has 0 spiro atoms. The molecular weight excluding hydrogens is 278 g/mol. The molecule has 3 aromatic rings. The maximum absolute atomic E-state index is 4.30. The number of nitrogens with one attached hydrogen (secondary N) is 1. The summed E-state index contributed by atoms with van der Waals surface area (Å²) >= 11 is 0. The lowest BCUT2D eigenvalue weighted by atomic mass is 9.86. The number of allylic oxidation sites excluding steroid dienone is 3. The summed E-state index contributed by atoms with van der Waals surface area (Å²) in [5.41, 5.74) is 9.40. The Hall–Kier alpha value is -2.54. The molecule has 0 aliphatic heterocycles. The van der Waals surface area contributed by atoms with Crippen molar-refractivity contribution in [2.75, 3.05) is 0 Å². The first kappa shape index (κ1) is 15.4. The monoisotopic (exact) mass is 301 g/mol. The SMILES string of the molecule is C=C(C)C(=C)c1c(/C=C\C)c(C)c2[nH]c3ccccc3c2c1C. The van der Waals surface area contributed by atoms with Crippen molar-refractivity contribution in [3.63, 3.8) is 0 Å². The number of benzene rings is 2. The van der Waals surface area contributed by atoms with Crippen molar-refractivity contribution in [1.29, 1.82) is 0 Å². The van der Waals surface area contributed by atoms with Crippen LogP contribution in [0.1, 0.15) is 36.1 Å². The largest absolute Gasteiger partial charge is 0.354 e. The third-order valence-electron chi connectivity index (χ3n) is 4.65. The standard InChI is InChI=1S/C22H23N/c1-7-10-17-15(5)22-21(16(6)20(17)14(4)13(2)3)18-11-8-9-12-19(18)23-22/h7-12,23H,2,4H2,1,3,5-6H3/b10-7-. The predicted octanol–water partition coefficient (Wildman–Crippen LogP) is 6.56. The first-order valence-electron chi connectivity index (χ1n) is 7.98. The number of para-hydroxylation sites is 1. The maximum atomic E-state index is 4.30. The smallest absolute Gasteiger partial charge is 0.0503 e. The molecule has 0 aliphatic carbocycles. The van der Waals surface area contributed by atoms with E-state index >= 15 is 0 Å². The van der Waals surface area contributed by atoms with Gasteiger partial charge in [0.05, 0.1) is 5.52 Å². The first-order chi connectivity index (χ1) is 11.0. The molecule has 0 aliphatic rings. The van der Waals surface area contributed by atoms with E-state index in [4.69, 9.17) is 0 Å². The van der Waals surface area contributed by atoms with Crippen LogP contribution in [0.4, 0.5) is 0 Å². The molecule has 0 bridgehead atoms. The van der Waals surface area contributed by atoms with Gasteiger partial charge in [0.1, 0.15) is 0 Å². The van der Waals surface area contributed by atoms with Crippen LogP contribution in [0.5, 0.6) is 0 Å². The summed E-state index contributed by atoms with van der Waals surface area (Å²) in [5, 5.41) is 2.56. The van der Waals surface area contributed by atoms with Gasteiger partial charge in [0.15, 0.2) is 0 Å². The topological polar surface area (TPSA) is 15.8 Å². The van der Waals surface area contributed by atoms with E-state index in [-0.39, 0.29) is 0 Å². The minimum absolute atomic E-state index is 1.01. The minimum Gasteiger partial charge on any atom is -0.354 e. The highest BCUT2D eigenvalue weighted by molar-refractivity contribution is 6.12. The predicted molar refractivity (Wildman–Crippen MR) is 104 cm³/mol. The zero-order chi connectivity index (χ0) is 16.7. The number of hydrogen-bond donors (Lipinski definition) is 1. The Bertz CT molecular complexity index is 980. The van der Waals surface area contributed by atoms with E-state index < -0.39 is 0 Å². The molecule has 1 nitrogen and oxygen atoms in total. The average Bonchev–Trinajstić information content (AvgIpc) is 2.92. The third-order valence-corrected chi connectivity index (χ3v) is 4.65. The summed E-state index contributed by atoms with van der Waals surface area (Å²) in [5.74, 6) is 0. The maximum Gasteiger partial charge on any atom is 0.0503 e. The van der Waals surface area contributed by atoms with Crippen molar-refractivity contribution in [2.45, 2.75) is 27.7 Å². The third kappa shape index (κ3) is 2.24. The normalized spacial score (nSPS) is 11.7. The van der Waals surface area contributed by atoms with E-state index in [9.17, 15) is 0 Å². The van der Waals surface area contributed by atoms with Gasteiger partial charge < -0.3 is 4.98 Å². The van der Waals surface area contributed by atoms with Crippen LogP contribution in [-0.4, -0.2) is 4.98 Å². The van der Waals surface area contributed by atoms with Gasteiger partial charge in [0.2, 0.25) is 0 Å². The van der Waals surface area contributed by atoms with Crippen LogP contribution in [0.15, 0.2) is 49.1 Å². The van der Waals surface area contributed by atoms with Gasteiger partial charge in [-0.25, -0.2) is 0 Å². The molecule has 0 atom stereocenters. The molecule has 3 rings (SSSR count). The number of aryl methyl sites for hydroxylation is 2. The lowest BCUT2D eigenvalue weighted by molar-refractivity contribution is 1.36. The summed E-state index contributed by atoms with van der Waals surface area (Å²) < 4.78 is 0. The fourth-order valence-electron chi connectivity index (χ4n) is 3.44. The second kappa shape index (κ2) is 5.58. The van der Waals surface area contributed by atoms with Crippen LogP contribution in [0.3, 0.4) is 0 Å². The van der Waals surface area contributed by atoms with Crippen LogP contribution in [0.2, 0.25) is 0 Å². The van der Waals surface area contributed by atoms with Gasteiger partial charge in [-0.2, -0.15) is 0 Å². The summed E-state index contributed by atoms with van der Waals surface area (Å²) in [6, 6.07) is 8.49. The van der Waals surface area contributed by atoms with Gasteiger partial charge >= 0.3 is 0 Å². The van der Waals surface area contributed by atoms with Crippen molar-refractivity contribution in [3.05, 3.63) is 71.3 Å². The number of H-pyrrole nitrogens is 1. The quantitative estimate of drug-likeness (QED) is 0.527. The van der Waals surface area contributed by atoms with E-state index in [1.165, 1.54) is 44.1 Å². The van der Waals surface area contributed by atoms with Crippen LogP contribution in [0, 0.1) is 13.8 Å². The van der Waals surface area contributed by atoms with Gasteiger partial charge in [-0.3, -0.25) is 0 Å². The Balaban J connectivity index is 2.57. The van der Waals surface area contributed by atoms with Crippen LogP contribution >= 0.6 is 0 Å². The molecule has 1 heterocycles. The summed E-state index contributed by atoms with van der Waals surface area (Å²) in [7, 11) is 0. The second-order valence-electron chi connectivity index (χ2n) is 6.22. The van der Waals surface area contributed by atoms with Crippen LogP contribution in [-0.2, 0) is 0 Å². The van der Waals surface area contributed by atoms with Crippen molar-refractivity contribution in [2.24, 2.45) is 0 Å². The highest BCUT2D eigenvalue weighted by Gasteiger charge is 2.18. The zero-order valence-corrected chi connectivity index (χ0v) is 14.4. The van der Waals surface area contributed by atoms with Gasteiger partial charge in [0, 0.05) is 16.3 Å². The molecule has 23 heavy (non-hydrogen) atoms. The van der Waals surface area contributed by atoms with E-state index in [0.29, 0.717) is 0 Å². The second-order valence-corrected chi connectivity index (χ2v) is 6.22. The lowest BCUT2D eigenvalue weighted by Gasteiger charge is -2.17. The molecule has 0 saturated carbocycles. The molecule has 1 aromatic heterocycles. The minimum atomic E-state index is 1.01. The molecule has 0 saturated heterocycles. The van der Waals surface area contributed by atoms with Gasteiger partial charge in [-0.15, -0.1) is 0 Å². The number of fused-ring (bicyclic) bond motifs is 3. The van der Waals surface area contributed by atoms with E-state index in [0.717, 1.165) is 11.1 Å². The van der Waals surface area contributed by atoms with E-state index in [1.807, 2.05) is 6.92 Å². The van der Waals surface area contributed by atoms with Crippen molar-refractivity contribution < 1.29 is 0 Å². The Kier molecular flexibility index (Phi) is 3.73. The van der Waals surface area contributed by atoms with Crippen LogP contribution in [0.25, 0.3) is 33.5 Å². The number of aromatic nitrogens is 1. The lowest BCUT2D eigenvalue weighted by Crippen LogP contribution is -1.98. The van der Waals surface area contributed by atoms with Crippen molar-refractivity contribution >= 4 is 33.5 Å². The molecule has 1 N–H and O–H groups in total. The highest BCUT2D eigenvalue weighted by Crippen LogP contribution is 2.39. The summed E-state index contributed by atoms with van der Waals surface area (Å²) in [6.45, 7) is 16.9. The molecular formula is C22H23N. The van der Waals surface area contributed by atoms with Crippen molar-refractivity contribution in [1.82, 2.24) is 4.98 Å². The Morgan fingerprint density at radius 3 is 2.43 bits per heavy atom. The number of hydrogen-bond acceptors (Lipinski definition) is 0. The number of aromatic amines is 1. The van der Waals surface area contributed by atoms with Crippen LogP contribution < -0.4 is 0 Å². The molecule has 1 heteroatoms. The molecule has 116 valence electrons. The molecule has 2 aromatic carbocycles. The van der Waals surface area contributed by atoms with Crippen molar-refractivity contribution in [3.8, 4) is 0 Å². The molecule has 0 amide bonds. The Morgan fingerprint density at radius 2 is 1.78 bits per heavy atom. The Labute approximate surface area is 138 Å². The first-order valence-corrected chi connectivity index (χ1v) is 7.98. The summed E-state index contributed by atoms with van der Waals surface area (Å²) in [4.78, 5) is 3.60. The van der Waals surface area contributed by atoms with Gasteiger partial charge in [-0.1, -0.05) is 49.1 Å². The zero-order valence-electron chi connectivity index (χ0n) is 14.4. The molecule has 0 unspecified atom stereocenters. The average molecular weight is 301 g/mol. The fraction of sp³-hybridized carbons (Fsp3) is 0.182. The van der Waals surface area contributed by atoms with Gasteiger partial charge in [0.25, 0.3) is 0 Å². The van der Waals surface area contributed by atoms with E-state index in [2.05, 4.69) is 75.3 Å². The fourth-order valence-corrected chi connectivity index (χ4v) is 3.44.